The molecular weight excluding hydrogens is 160 g/mol. The van der Waals surface area contributed by atoms with E-state index in [1.54, 1.807) is 6.92 Å². The van der Waals surface area contributed by atoms with Gasteiger partial charge in [0.25, 0.3) is 0 Å². The summed E-state index contributed by atoms with van der Waals surface area (Å²) in [5, 5.41) is 28.0. The van der Waals surface area contributed by atoms with Crippen LogP contribution in [0.15, 0.2) is 0 Å². The summed E-state index contributed by atoms with van der Waals surface area (Å²) in [6, 6.07) is 0. The van der Waals surface area contributed by atoms with Crippen LogP contribution in [0.3, 0.4) is 0 Å². The van der Waals surface area contributed by atoms with Crippen molar-refractivity contribution in [3.8, 4) is 0 Å². The zero-order chi connectivity index (χ0) is 9.30. The summed E-state index contributed by atoms with van der Waals surface area (Å²) in [5.74, 6) is 0. The van der Waals surface area contributed by atoms with Crippen LogP contribution in [-0.2, 0) is 4.74 Å². The van der Waals surface area contributed by atoms with Crippen LogP contribution < -0.4 is 0 Å². The molecule has 1 rings (SSSR count). The fourth-order valence-corrected chi connectivity index (χ4v) is 1.47. The largest absolute Gasteiger partial charge is 0.388 e. The second kappa shape index (κ2) is 3.70. The minimum absolute atomic E-state index is 0.363. The van der Waals surface area contributed by atoms with Gasteiger partial charge < -0.3 is 20.1 Å². The van der Waals surface area contributed by atoms with E-state index in [1.807, 2.05) is 6.92 Å². The number of hydrogen-bond donors (Lipinski definition) is 3. The molecular formula is C8H16O4. The van der Waals surface area contributed by atoms with E-state index < -0.39 is 24.4 Å². The summed E-state index contributed by atoms with van der Waals surface area (Å²) in [6.07, 6.45) is -3.18. The zero-order valence-corrected chi connectivity index (χ0v) is 7.34. The highest BCUT2D eigenvalue weighted by Crippen LogP contribution is 2.22. The molecule has 4 nitrogen and oxygen atoms in total. The molecule has 1 heterocycles. The van der Waals surface area contributed by atoms with E-state index in [9.17, 15) is 15.3 Å². The Labute approximate surface area is 71.8 Å². The molecule has 4 heteroatoms. The Kier molecular flexibility index (Phi) is 3.06. The van der Waals surface area contributed by atoms with Crippen LogP contribution in [0.1, 0.15) is 20.3 Å². The Morgan fingerprint density at radius 1 is 1.08 bits per heavy atom. The van der Waals surface area contributed by atoms with E-state index >= 15 is 0 Å². The van der Waals surface area contributed by atoms with Gasteiger partial charge in [-0.05, 0) is 13.3 Å². The Morgan fingerprint density at radius 3 is 2.17 bits per heavy atom. The quantitative estimate of drug-likeness (QED) is 0.492. The highest BCUT2D eigenvalue weighted by molar-refractivity contribution is 4.89. The van der Waals surface area contributed by atoms with Crippen LogP contribution >= 0.6 is 0 Å². The number of rotatable bonds is 1. The summed E-state index contributed by atoms with van der Waals surface area (Å²) < 4.78 is 5.27. The highest BCUT2D eigenvalue weighted by atomic mass is 16.5. The van der Waals surface area contributed by atoms with E-state index in [1.165, 1.54) is 0 Å². The highest BCUT2D eigenvalue weighted by Gasteiger charge is 2.40. The van der Waals surface area contributed by atoms with Gasteiger partial charge in [-0.25, -0.2) is 0 Å². The van der Waals surface area contributed by atoms with E-state index in [2.05, 4.69) is 0 Å². The van der Waals surface area contributed by atoms with E-state index in [0.717, 1.165) is 0 Å². The molecule has 0 aromatic heterocycles. The first-order valence-electron chi connectivity index (χ1n) is 4.27. The van der Waals surface area contributed by atoms with Crippen LogP contribution in [0.25, 0.3) is 0 Å². The topological polar surface area (TPSA) is 69.9 Å². The van der Waals surface area contributed by atoms with Gasteiger partial charge in [0.05, 0.1) is 12.2 Å². The maximum atomic E-state index is 9.39. The maximum absolute atomic E-state index is 9.39. The van der Waals surface area contributed by atoms with Gasteiger partial charge in [0.2, 0.25) is 0 Å². The number of aliphatic hydroxyl groups is 3. The first-order chi connectivity index (χ1) is 5.57. The molecule has 1 aliphatic heterocycles. The van der Waals surface area contributed by atoms with Crippen LogP contribution in [0, 0.1) is 0 Å². The number of ether oxygens (including phenoxy) is 1. The minimum atomic E-state index is -1.08. The molecule has 0 saturated carbocycles. The van der Waals surface area contributed by atoms with Crippen LogP contribution in [-0.4, -0.2) is 45.8 Å². The van der Waals surface area contributed by atoms with E-state index in [-0.39, 0.29) is 6.10 Å². The zero-order valence-electron chi connectivity index (χ0n) is 7.34. The molecule has 1 saturated heterocycles. The molecule has 5 atom stereocenters. The fraction of sp³-hybridized carbons (Fsp3) is 1.00. The molecule has 4 unspecified atom stereocenters. The van der Waals surface area contributed by atoms with Gasteiger partial charge in [0, 0.05) is 0 Å². The lowest BCUT2D eigenvalue weighted by molar-refractivity contribution is -0.217. The first kappa shape index (κ1) is 9.92. The van der Waals surface area contributed by atoms with Gasteiger partial charge in [-0.15, -0.1) is 0 Å². The fourth-order valence-electron chi connectivity index (χ4n) is 1.47. The van der Waals surface area contributed by atoms with Crippen molar-refractivity contribution in [2.24, 2.45) is 0 Å². The summed E-state index contributed by atoms with van der Waals surface area (Å²) >= 11 is 0. The van der Waals surface area contributed by atoms with Crippen LogP contribution in [0.5, 0.6) is 0 Å². The normalized spacial score (nSPS) is 49.2. The molecule has 0 aromatic carbocycles. The molecule has 0 aromatic rings. The second-order valence-electron chi connectivity index (χ2n) is 3.26. The van der Waals surface area contributed by atoms with Gasteiger partial charge >= 0.3 is 0 Å². The SMILES string of the molecule is CCC1OC(C)C(O)C(O)[C@@H]1O. The van der Waals surface area contributed by atoms with E-state index in [4.69, 9.17) is 4.74 Å². The Bertz CT molecular complexity index is 145. The molecule has 0 amide bonds. The monoisotopic (exact) mass is 176 g/mol. The van der Waals surface area contributed by atoms with Gasteiger partial charge in [-0.2, -0.15) is 0 Å². The van der Waals surface area contributed by atoms with Crippen LogP contribution in [0.2, 0.25) is 0 Å². The van der Waals surface area contributed by atoms with Crippen molar-refractivity contribution in [2.45, 2.75) is 50.8 Å². The van der Waals surface area contributed by atoms with Crippen LogP contribution in [0.4, 0.5) is 0 Å². The van der Waals surface area contributed by atoms with Crippen molar-refractivity contribution < 1.29 is 20.1 Å². The average Bonchev–Trinajstić information content (AvgIpc) is 2.08. The molecule has 0 radical (unpaired) electrons. The first-order valence-corrected chi connectivity index (χ1v) is 4.27. The molecule has 0 bridgehead atoms. The summed E-state index contributed by atoms with van der Waals surface area (Å²) in [4.78, 5) is 0. The minimum Gasteiger partial charge on any atom is -0.388 e. The average molecular weight is 176 g/mol. The second-order valence-corrected chi connectivity index (χ2v) is 3.26. The molecule has 0 aliphatic carbocycles. The Morgan fingerprint density at radius 2 is 1.67 bits per heavy atom. The molecule has 0 spiro atoms. The summed E-state index contributed by atoms with van der Waals surface area (Å²) in [7, 11) is 0. The molecule has 12 heavy (non-hydrogen) atoms. The van der Waals surface area contributed by atoms with Gasteiger partial charge in [0.1, 0.15) is 18.3 Å². The Balaban J connectivity index is 2.63. The van der Waals surface area contributed by atoms with Crippen molar-refractivity contribution in [3.63, 3.8) is 0 Å². The van der Waals surface area contributed by atoms with Gasteiger partial charge in [-0.3, -0.25) is 0 Å². The lowest BCUT2D eigenvalue weighted by Gasteiger charge is -2.39. The number of hydrogen-bond acceptors (Lipinski definition) is 4. The third kappa shape index (κ3) is 1.61. The molecule has 1 aliphatic rings. The van der Waals surface area contributed by atoms with Crippen molar-refractivity contribution >= 4 is 0 Å². The third-order valence-electron chi connectivity index (χ3n) is 2.35. The Hall–Kier alpha value is -0.160. The lowest BCUT2D eigenvalue weighted by atomic mass is 9.94. The predicted molar refractivity (Wildman–Crippen MR) is 42.6 cm³/mol. The van der Waals surface area contributed by atoms with Gasteiger partial charge in [0.15, 0.2) is 0 Å². The van der Waals surface area contributed by atoms with Crippen molar-refractivity contribution in [3.05, 3.63) is 0 Å². The summed E-state index contributed by atoms with van der Waals surface area (Å²) in [6.45, 7) is 3.55. The molecule has 1 fully saturated rings. The van der Waals surface area contributed by atoms with E-state index in [0.29, 0.717) is 6.42 Å². The van der Waals surface area contributed by atoms with Crippen molar-refractivity contribution in [2.75, 3.05) is 0 Å². The lowest BCUT2D eigenvalue weighted by Crippen LogP contribution is -2.56. The smallest absolute Gasteiger partial charge is 0.111 e. The van der Waals surface area contributed by atoms with Crippen molar-refractivity contribution in [1.29, 1.82) is 0 Å². The van der Waals surface area contributed by atoms with Crippen molar-refractivity contribution in [1.82, 2.24) is 0 Å². The molecule has 72 valence electrons. The summed E-state index contributed by atoms with van der Waals surface area (Å²) in [5.41, 5.74) is 0. The number of aliphatic hydroxyl groups excluding tert-OH is 3. The molecule has 3 N–H and O–H groups in total. The van der Waals surface area contributed by atoms with Gasteiger partial charge in [-0.1, -0.05) is 6.92 Å². The third-order valence-corrected chi connectivity index (χ3v) is 2.35. The predicted octanol–water partition coefficient (Wildman–Crippen LogP) is -0.734. The maximum Gasteiger partial charge on any atom is 0.111 e. The standard InChI is InChI=1S/C8H16O4/c1-3-5-7(10)8(11)6(9)4(2)12-5/h4-11H,3H2,1-2H3/t4?,5?,6?,7-,8?/m1/s1.